The molecule has 0 radical (unpaired) electrons. The number of fused-ring (bicyclic) bond motifs is 1. The Morgan fingerprint density at radius 2 is 1.88 bits per heavy atom. The van der Waals surface area contributed by atoms with Crippen LogP contribution < -0.4 is 16.7 Å². The van der Waals surface area contributed by atoms with Crippen molar-refractivity contribution in [2.75, 3.05) is 25.4 Å². The highest BCUT2D eigenvalue weighted by Crippen LogP contribution is 2.34. The molecule has 9 heteroatoms. The van der Waals surface area contributed by atoms with E-state index in [0.717, 1.165) is 34.6 Å². The predicted molar refractivity (Wildman–Crippen MR) is 122 cm³/mol. The number of nitrogens with two attached hydrogens (primary N) is 1. The van der Waals surface area contributed by atoms with Gasteiger partial charge in [-0.3, -0.25) is 4.98 Å². The van der Waals surface area contributed by atoms with Crippen molar-refractivity contribution >= 4 is 11.6 Å². The summed E-state index contributed by atoms with van der Waals surface area (Å²) >= 11 is 0. The van der Waals surface area contributed by atoms with E-state index in [2.05, 4.69) is 15.3 Å². The van der Waals surface area contributed by atoms with Crippen molar-refractivity contribution in [3.8, 4) is 22.4 Å². The molecule has 5 rings (SSSR count). The molecule has 0 aliphatic carbocycles. The van der Waals surface area contributed by atoms with Crippen LogP contribution in [0.4, 0.5) is 5.95 Å². The molecule has 9 nitrogen and oxygen atoms in total. The second-order valence-electron chi connectivity index (χ2n) is 8.02. The van der Waals surface area contributed by atoms with Crippen LogP contribution in [0.5, 0.6) is 0 Å². The number of aromatic nitrogens is 5. The monoisotopic (exact) mass is 431 g/mol. The number of nitrogen functional groups attached to an aromatic ring is 1. The number of aryl methyl sites for hydroxylation is 2. The molecule has 0 saturated carbocycles. The van der Waals surface area contributed by atoms with E-state index >= 15 is 0 Å². The van der Waals surface area contributed by atoms with Crippen molar-refractivity contribution in [2.45, 2.75) is 26.5 Å². The van der Waals surface area contributed by atoms with E-state index in [1.807, 2.05) is 56.3 Å². The van der Waals surface area contributed by atoms with Gasteiger partial charge >= 0.3 is 5.69 Å². The molecule has 1 aromatic carbocycles. The van der Waals surface area contributed by atoms with Crippen LogP contribution in [0.25, 0.3) is 28.0 Å². The van der Waals surface area contributed by atoms with E-state index < -0.39 is 0 Å². The summed E-state index contributed by atoms with van der Waals surface area (Å²) in [6, 6.07) is 13.7. The van der Waals surface area contributed by atoms with Gasteiger partial charge in [-0.2, -0.15) is 0 Å². The first kappa shape index (κ1) is 20.3. The predicted octanol–water partition coefficient (Wildman–Crippen LogP) is 1.81. The number of benzene rings is 1. The van der Waals surface area contributed by atoms with Gasteiger partial charge in [-0.1, -0.05) is 30.3 Å². The number of hydrogen-bond acceptors (Lipinski definition) is 7. The van der Waals surface area contributed by atoms with Crippen LogP contribution in [0.15, 0.2) is 47.3 Å². The van der Waals surface area contributed by atoms with Crippen LogP contribution in [-0.2, 0) is 11.3 Å². The number of hydrogen-bond donors (Lipinski definition) is 2. The summed E-state index contributed by atoms with van der Waals surface area (Å²) in [4.78, 5) is 22.4. The first-order valence-corrected chi connectivity index (χ1v) is 10.6. The van der Waals surface area contributed by atoms with Crippen LogP contribution >= 0.6 is 0 Å². The fourth-order valence-electron chi connectivity index (χ4n) is 4.20. The third kappa shape index (κ3) is 3.65. The van der Waals surface area contributed by atoms with E-state index in [1.54, 1.807) is 0 Å². The lowest BCUT2D eigenvalue weighted by molar-refractivity contribution is 0.0155. The summed E-state index contributed by atoms with van der Waals surface area (Å²) in [5, 5.41) is 7.99. The molecule has 4 aromatic rings. The zero-order chi connectivity index (χ0) is 22.2. The van der Waals surface area contributed by atoms with Gasteiger partial charge in [0, 0.05) is 30.0 Å². The number of ether oxygens (including phenoxy) is 1. The lowest BCUT2D eigenvalue weighted by Crippen LogP contribution is -2.42. The van der Waals surface area contributed by atoms with Gasteiger partial charge in [-0.15, -0.1) is 5.10 Å². The maximum atomic E-state index is 13.2. The molecule has 1 atom stereocenters. The standard InChI is InChI=1S/C23H25N7O2/c1-14-10-17(11-15(2)26-14)19-20(16-6-4-3-5-7-16)27-22(24)30-21(19)28-29(23(30)31)13-18-12-25-8-9-32-18/h3-7,10-11,18,25H,8-9,12-13H2,1-2H3,(H2,24,27). The van der Waals surface area contributed by atoms with Gasteiger partial charge in [0.1, 0.15) is 0 Å². The molecule has 0 spiro atoms. The van der Waals surface area contributed by atoms with Crippen molar-refractivity contribution in [1.82, 2.24) is 29.5 Å². The number of nitrogens with zero attached hydrogens (tertiary/aromatic N) is 5. The van der Waals surface area contributed by atoms with Crippen molar-refractivity contribution in [3.05, 3.63) is 64.3 Å². The van der Waals surface area contributed by atoms with Crippen molar-refractivity contribution in [3.63, 3.8) is 0 Å². The summed E-state index contributed by atoms with van der Waals surface area (Å²) in [5.74, 6) is 0.101. The largest absolute Gasteiger partial charge is 0.374 e. The third-order valence-electron chi connectivity index (χ3n) is 5.55. The van der Waals surface area contributed by atoms with E-state index in [9.17, 15) is 4.79 Å². The average Bonchev–Trinajstić information content (AvgIpc) is 3.10. The van der Waals surface area contributed by atoms with E-state index in [1.165, 1.54) is 9.08 Å². The van der Waals surface area contributed by atoms with Crippen LogP contribution in [-0.4, -0.2) is 49.9 Å². The van der Waals surface area contributed by atoms with Crippen LogP contribution in [0.1, 0.15) is 11.4 Å². The van der Waals surface area contributed by atoms with Gasteiger partial charge in [0.25, 0.3) is 0 Å². The van der Waals surface area contributed by atoms with E-state index in [-0.39, 0.29) is 17.7 Å². The Bertz CT molecular complexity index is 1320. The normalized spacial score (nSPS) is 16.5. The van der Waals surface area contributed by atoms with Gasteiger partial charge in [0.2, 0.25) is 5.95 Å². The second kappa shape index (κ2) is 8.18. The molecule has 3 N–H and O–H groups in total. The molecule has 1 unspecified atom stereocenters. The van der Waals surface area contributed by atoms with E-state index in [0.29, 0.717) is 31.0 Å². The summed E-state index contributed by atoms with van der Waals surface area (Å²) < 4.78 is 8.57. The van der Waals surface area contributed by atoms with Gasteiger partial charge in [0.15, 0.2) is 5.65 Å². The van der Waals surface area contributed by atoms with Gasteiger partial charge < -0.3 is 15.8 Å². The fourth-order valence-corrected chi connectivity index (χ4v) is 4.20. The van der Waals surface area contributed by atoms with E-state index in [4.69, 9.17) is 15.6 Å². The van der Waals surface area contributed by atoms with Gasteiger partial charge in [0.05, 0.1) is 30.5 Å². The summed E-state index contributed by atoms with van der Waals surface area (Å²) in [5.41, 5.74) is 11.4. The number of morpholine rings is 1. The van der Waals surface area contributed by atoms with Crippen molar-refractivity contribution in [2.24, 2.45) is 0 Å². The molecule has 32 heavy (non-hydrogen) atoms. The van der Waals surface area contributed by atoms with Gasteiger partial charge in [-0.05, 0) is 31.5 Å². The topological polar surface area (TPSA) is 112 Å². The lowest BCUT2D eigenvalue weighted by Gasteiger charge is -2.22. The molecule has 0 amide bonds. The van der Waals surface area contributed by atoms with Gasteiger partial charge in [-0.25, -0.2) is 18.9 Å². The summed E-state index contributed by atoms with van der Waals surface area (Å²) in [6.45, 7) is 6.30. The number of nitrogens with one attached hydrogen (secondary N) is 1. The Balaban J connectivity index is 1.77. The zero-order valence-electron chi connectivity index (χ0n) is 18.1. The highest BCUT2D eigenvalue weighted by molar-refractivity contribution is 5.90. The van der Waals surface area contributed by atoms with Crippen LogP contribution in [0.2, 0.25) is 0 Å². The highest BCUT2D eigenvalue weighted by Gasteiger charge is 2.23. The smallest absolute Gasteiger partial charge is 0.353 e. The Hall–Kier alpha value is -3.56. The Morgan fingerprint density at radius 3 is 2.56 bits per heavy atom. The van der Waals surface area contributed by atoms with Crippen molar-refractivity contribution in [1.29, 1.82) is 0 Å². The fraction of sp³-hybridized carbons (Fsp3) is 0.304. The molecule has 1 aliphatic rings. The highest BCUT2D eigenvalue weighted by atomic mass is 16.5. The molecular formula is C23H25N7O2. The number of anilines is 1. The Morgan fingerprint density at radius 1 is 1.12 bits per heavy atom. The summed E-state index contributed by atoms with van der Waals surface area (Å²) in [6.07, 6.45) is -0.136. The van der Waals surface area contributed by atoms with Crippen molar-refractivity contribution < 1.29 is 4.74 Å². The minimum absolute atomic E-state index is 0.101. The molecule has 0 bridgehead atoms. The molecule has 1 saturated heterocycles. The molecule has 164 valence electrons. The van der Waals surface area contributed by atoms with Crippen LogP contribution in [0.3, 0.4) is 0 Å². The number of pyridine rings is 1. The second-order valence-corrected chi connectivity index (χ2v) is 8.02. The molecular weight excluding hydrogens is 406 g/mol. The Kier molecular flexibility index (Phi) is 5.20. The molecule has 1 fully saturated rings. The zero-order valence-corrected chi connectivity index (χ0v) is 18.1. The Labute approximate surface area is 184 Å². The lowest BCUT2D eigenvalue weighted by atomic mass is 9.99. The number of rotatable bonds is 4. The minimum atomic E-state index is -0.331. The average molecular weight is 432 g/mol. The maximum Gasteiger partial charge on any atom is 0.353 e. The quantitative estimate of drug-likeness (QED) is 0.507. The molecule has 3 aromatic heterocycles. The maximum absolute atomic E-state index is 13.2. The SMILES string of the molecule is Cc1cc(-c2c(-c3ccccc3)nc(N)n3c(=O)n(CC4CNCCO4)nc23)cc(C)n1. The first-order chi connectivity index (χ1) is 15.5. The molecule has 1 aliphatic heterocycles. The third-order valence-corrected chi connectivity index (χ3v) is 5.55. The first-order valence-electron chi connectivity index (χ1n) is 10.6. The summed E-state index contributed by atoms with van der Waals surface area (Å²) in [7, 11) is 0. The van der Waals surface area contributed by atoms with Crippen LogP contribution in [0, 0.1) is 13.8 Å². The minimum Gasteiger partial charge on any atom is -0.374 e. The molecule has 4 heterocycles.